The number of piperazine rings is 1. The summed E-state index contributed by atoms with van der Waals surface area (Å²) in [7, 11) is 3.27. The maximum atomic E-state index is 13.3. The molecule has 0 N–H and O–H groups in total. The van der Waals surface area contributed by atoms with Crippen LogP contribution in [0.1, 0.15) is 0 Å². The van der Waals surface area contributed by atoms with Crippen LogP contribution < -0.4 is 19.3 Å². The van der Waals surface area contributed by atoms with Crippen molar-refractivity contribution in [3.05, 3.63) is 48.5 Å². The van der Waals surface area contributed by atoms with Crippen LogP contribution in [0.3, 0.4) is 0 Å². The number of anilines is 2. The van der Waals surface area contributed by atoms with E-state index in [0.717, 1.165) is 48.6 Å². The highest BCUT2D eigenvalue weighted by atomic mass is 19.1. The zero-order valence-corrected chi connectivity index (χ0v) is 19.0. The second-order valence-electron chi connectivity index (χ2n) is 7.65. The van der Waals surface area contributed by atoms with Gasteiger partial charge in [0.15, 0.2) is 11.5 Å². The zero-order chi connectivity index (χ0) is 23.0. The van der Waals surface area contributed by atoms with Crippen molar-refractivity contribution in [2.24, 2.45) is 0 Å². The average molecular weight is 457 g/mol. The predicted octanol–water partition coefficient (Wildman–Crippen LogP) is 3.15. The van der Waals surface area contributed by atoms with Crippen LogP contribution in [0.2, 0.25) is 0 Å². The number of rotatable bonds is 10. The second kappa shape index (κ2) is 11.1. The molecule has 0 saturated carbocycles. The number of methoxy groups -OCH3 is 2. The molecule has 8 nitrogen and oxygen atoms in total. The lowest BCUT2D eigenvalue weighted by Crippen LogP contribution is -2.46. The number of fused-ring (bicyclic) bond motifs is 1. The Morgan fingerprint density at radius 1 is 0.788 bits per heavy atom. The highest BCUT2D eigenvalue weighted by Crippen LogP contribution is 2.35. The van der Waals surface area contributed by atoms with Crippen LogP contribution >= 0.6 is 0 Å². The van der Waals surface area contributed by atoms with Crippen molar-refractivity contribution in [2.75, 3.05) is 76.6 Å². The smallest absolute Gasteiger partial charge is 0.163 e. The SMILES string of the molecule is COCCOc1cc2ncnc(N3CCN(c4ccc(F)cc4)CC3)c2cc1OCCOC. The van der Waals surface area contributed by atoms with Gasteiger partial charge < -0.3 is 28.7 Å². The molecule has 0 radical (unpaired) electrons. The Hall–Kier alpha value is -3.17. The topological polar surface area (TPSA) is 69.2 Å². The highest BCUT2D eigenvalue weighted by molar-refractivity contribution is 5.92. The van der Waals surface area contributed by atoms with E-state index in [9.17, 15) is 4.39 Å². The molecule has 1 aliphatic rings. The van der Waals surface area contributed by atoms with Crippen LogP contribution in [0, 0.1) is 5.82 Å². The minimum atomic E-state index is -0.223. The third-order valence-corrected chi connectivity index (χ3v) is 5.54. The number of ether oxygens (including phenoxy) is 4. The molecule has 2 heterocycles. The van der Waals surface area contributed by atoms with E-state index in [0.29, 0.717) is 37.9 Å². The molecule has 2 aromatic carbocycles. The molecule has 9 heteroatoms. The van der Waals surface area contributed by atoms with E-state index in [4.69, 9.17) is 18.9 Å². The quantitative estimate of drug-likeness (QED) is 0.431. The Bertz CT molecular complexity index is 1040. The molecular formula is C24H29FN4O4. The lowest BCUT2D eigenvalue weighted by atomic mass is 10.1. The minimum absolute atomic E-state index is 0.223. The van der Waals surface area contributed by atoms with E-state index < -0.39 is 0 Å². The summed E-state index contributed by atoms with van der Waals surface area (Å²) in [4.78, 5) is 13.5. The van der Waals surface area contributed by atoms with E-state index >= 15 is 0 Å². The van der Waals surface area contributed by atoms with Crippen molar-refractivity contribution in [3.63, 3.8) is 0 Å². The number of halogens is 1. The van der Waals surface area contributed by atoms with Gasteiger partial charge in [0.05, 0.1) is 18.7 Å². The summed E-state index contributed by atoms with van der Waals surface area (Å²) >= 11 is 0. The van der Waals surface area contributed by atoms with Gasteiger partial charge in [-0.3, -0.25) is 0 Å². The molecule has 1 saturated heterocycles. The Balaban J connectivity index is 1.56. The van der Waals surface area contributed by atoms with Crippen molar-refractivity contribution in [1.82, 2.24) is 9.97 Å². The van der Waals surface area contributed by atoms with Crippen molar-refractivity contribution in [2.45, 2.75) is 0 Å². The molecule has 1 fully saturated rings. The highest BCUT2D eigenvalue weighted by Gasteiger charge is 2.21. The van der Waals surface area contributed by atoms with Crippen molar-refractivity contribution >= 4 is 22.4 Å². The summed E-state index contributed by atoms with van der Waals surface area (Å²) in [6.45, 7) is 4.96. The van der Waals surface area contributed by atoms with E-state index in [-0.39, 0.29) is 5.82 Å². The average Bonchev–Trinajstić information content (AvgIpc) is 2.85. The maximum absolute atomic E-state index is 13.3. The minimum Gasteiger partial charge on any atom is -0.487 e. The van der Waals surface area contributed by atoms with Gasteiger partial charge in [0.25, 0.3) is 0 Å². The van der Waals surface area contributed by atoms with Crippen molar-refractivity contribution < 1.29 is 23.3 Å². The van der Waals surface area contributed by atoms with Crippen molar-refractivity contribution in [3.8, 4) is 11.5 Å². The number of aromatic nitrogens is 2. The van der Waals surface area contributed by atoms with Crippen LogP contribution in [-0.4, -0.2) is 76.8 Å². The molecule has 0 amide bonds. The zero-order valence-electron chi connectivity index (χ0n) is 19.0. The first-order valence-corrected chi connectivity index (χ1v) is 11.0. The van der Waals surface area contributed by atoms with E-state index in [1.807, 2.05) is 24.3 Å². The molecule has 1 aliphatic heterocycles. The van der Waals surface area contributed by atoms with Crippen LogP contribution in [0.5, 0.6) is 11.5 Å². The van der Waals surface area contributed by atoms with Crippen LogP contribution in [0.4, 0.5) is 15.9 Å². The number of benzene rings is 2. The van der Waals surface area contributed by atoms with E-state index in [1.54, 1.807) is 20.5 Å². The molecule has 4 rings (SSSR count). The Labute approximate surface area is 192 Å². The number of hydrogen-bond acceptors (Lipinski definition) is 8. The van der Waals surface area contributed by atoms with Gasteiger partial charge in [-0.05, 0) is 30.3 Å². The largest absolute Gasteiger partial charge is 0.487 e. The third kappa shape index (κ3) is 5.61. The fraction of sp³-hybridized carbons (Fsp3) is 0.417. The molecule has 33 heavy (non-hydrogen) atoms. The van der Waals surface area contributed by atoms with Crippen LogP contribution in [-0.2, 0) is 9.47 Å². The number of hydrogen-bond donors (Lipinski definition) is 0. The van der Waals surface area contributed by atoms with Gasteiger partial charge in [0, 0.05) is 57.5 Å². The molecular weight excluding hydrogens is 427 g/mol. The predicted molar refractivity (Wildman–Crippen MR) is 125 cm³/mol. The monoisotopic (exact) mass is 456 g/mol. The van der Waals surface area contributed by atoms with E-state index in [2.05, 4.69) is 19.8 Å². The summed E-state index contributed by atoms with van der Waals surface area (Å²) in [5, 5.41) is 0.902. The lowest BCUT2D eigenvalue weighted by molar-refractivity contribution is 0.132. The molecule has 3 aromatic rings. The molecule has 0 atom stereocenters. The van der Waals surface area contributed by atoms with Gasteiger partial charge in [-0.15, -0.1) is 0 Å². The fourth-order valence-electron chi connectivity index (χ4n) is 3.83. The molecule has 176 valence electrons. The standard InChI is InChI=1S/C24H29FN4O4/c1-30-11-13-32-22-15-20-21(16-23(22)33-14-12-31-2)26-17-27-24(20)29-9-7-28(8-10-29)19-5-3-18(25)4-6-19/h3-6,15-17H,7-14H2,1-2H3. The summed E-state index contributed by atoms with van der Waals surface area (Å²) in [5.41, 5.74) is 1.81. The van der Waals surface area contributed by atoms with Crippen LogP contribution in [0.15, 0.2) is 42.7 Å². The molecule has 0 unspecified atom stereocenters. The van der Waals surface area contributed by atoms with E-state index in [1.165, 1.54) is 12.1 Å². The summed E-state index contributed by atoms with van der Waals surface area (Å²) in [6.07, 6.45) is 1.58. The molecule has 0 aliphatic carbocycles. The molecule has 1 aromatic heterocycles. The van der Waals surface area contributed by atoms with Gasteiger partial charge in [-0.25, -0.2) is 14.4 Å². The first kappa shape index (κ1) is 23.0. The molecule has 0 spiro atoms. The van der Waals surface area contributed by atoms with Crippen molar-refractivity contribution in [1.29, 1.82) is 0 Å². The summed E-state index contributed by atoms with van der Waals surface area (Å²) in [6, 6.07) is 10.5. The van der Waals surface area contributed by atoms with Gasteiger partial charge in [0.1, 0.15) is 31.2 Å². The Morgan fingerprint density at radius 2 is 1.39 bits per heavy atom. The Kier molecular flexibility index (Phi) is 7.74. The fourth-order valence-corrected chi connectivity index (χ4v) is 3.83. The molecule has 0 bridgehead atoms. The number of nitrogens with zero attached hydrogens (tertiary/aromatic N) is 4. The third-order valence-electron chi connectivity index (χ3n) is 5.54. The first-order chi connectivity index (χ1) is 16.2. The van der Waals surface area contributed by atoms with Gasteiger partial charge in [0.2, 0.25) is 0 Å². The van der Waals surface area contributed by atoms with Gasteiger partial charge >= 0.3 is 0 Å². The lowest BCUT2D eigenvalue weighted by Gasteiger charge is -2.37. The maximum Gasteiger partial charge on any atom is 0.163 e. The first-order valence-electron chi connectivity index (χ1n) is 11.0. The second-order valence-corrected chi connectivity index (χ2v) is 7.65. The van der Waals surface area contributed by atoms with Crippen LogP contribution in [0.25, 0.3) is 10.9 Å². The Morgan fingerprint density at radius 3 is 2.03 bits per heavy atom. The van der Waals surface area contributed by atoms with Gasteiger partial charge in [-0.2, -0.15) is 0 Å². The summed E-state index contributed by atoms with van der Waals surface area (Å²) in [5.74, 6) is 1.87. The van der Waals surface area contributed by atoms with Gasteiger partial charge in [-0.1, -0.05) is 0 Å². The summed E-state index contributed by atoms with van der Waals surface area (Å²) < 4.78 is 35.3. The normalized spacial score (nSPS) is 14.0.